The van der Waals surface area contributed by atoms with Crippen LogP contribution in [0.2, 0.25) is 0 Å². The topological polar surface area (TPSA) is 26.3 Å². The highest BCUT2D eigenvalue weighted by molar-refractivity contribution is 5.73. The zero-order valence-corrected chi connectivity index (χ0v) is 9.50. The molecule has 84 valence electrons. The van der Waals surface area contributed by atoms with Gasteiger partial charge in [0.25, 0.3) is 0 Å². The summed E-state index contributed by atoms with van der Waals surface area (Å²) in [6.45, 7) is 2.08. The van der Waals surface area contributed by atoms with Crippen LogP contribution in [-0.4, -0.2) is 11.6 Å². The lowest BCUT2D eigenvalue weighted by Gasteiger charge is -2.27. The normalized spacial score (nSPS) is 29.0. The van der Waals surface area contributed by atoms with Gasteiger partial charge in [0, 0.05) is 0 Å². The van der Waals surface area contributed by atoms with Gasteiger partial charge in [0.1, 0.15) is 5.60 Å². The van der Waals surface area contributed by atoms with Gasteiger partial charge < -0.3 is 4.74 Å². The monoisotopic (exact) mass is 208 g/mol. The van der Waals surface area contributed by atoms with E-state index in [1.54, 1.807) is 0 Å². The second kappa shape index (κ2) is 4.38. The fourth-order valence-corrected chi connectivity index (χ4v) is 2.56. The number of ether oxygens (including phenoxy) is 1. The first-order valence-electron chi connectivity index (χ1n) is 6.07. The molecule has 1 saturated carbocycles. The molecule has 1 unspecified atom stereocenters. The molecular formula is C13H20O2. The summed E-state index contributed by atoms with van der Waals surface area (Å²) in [6.07, 6.45) is 11.6. The van der Waals surface area contributed by atoms with Crippen LogP contribution in [0.25, 0.3) is 0 Å². The summed E-state index contributed by atoms with van der Waals surface area (Å²) in [4.78, 5) is 11.9. The Hall–Kier alpha value is -0.790. The van der Waals surface area contributed by atoms with E-state index in [2.05, 4.69) is 19.1 Å². The molecule has 0 spiro atoms. The Bertz CT molecular complexity index is 262. The molecule has 0 heterocycles. The molecular weight excluding hydrogens is 188 g/mol. The molecule has 15 heavy (non-hydrogen) atoms. The maximum Gasteiger partial charge on any atom is 0.309 e. The van der Waals surface area contributed by atoms with Crippen LogP contribution >= 0.6 is 0 Å². The molecule has 1 atom stereocenters. The van der Waals surface area contributed by atoms with Crippen molar-refractivity contribution < 1.29 is 9.53 Å². The standard InChI is InChI=1S/C13H20O2/c1-13(9-5-6-10-13)15-12(14)11-7-3-2-4-8-11/h2-3,11H,4-10H2,1H3. The number of rotatable bonds is 2. The van der Waals surface area contributed by atoms with Crippen LogP contribution in [0.1, 0.15) is 51.9 Å². The Balaban J connectivity index is 1.88. The highest BCUT2D eigenvalue weighted by atomic mass is 16.6. The smallest absolute Gasteiger partial charge is 0.309 e. The van der Waals surface area contributed by atoms with Gasteiger partial charge in [-0.1, -0.05) is 12.2 Å². The largest absolute Gasteiger partial charge is 0.459 e. The molecule has 0 aromatic carbocycles. The summed E-state index contributed by atoms with van der Waals surface area (Å²) in [7, 11) is 0. The van der Waals surface area contributed by atoms with Crippen molar-refractivity contribution in [3.63, 3.8) is 0 Å². The van der Waals surface area contributed by atoms with E-state index in [1.165, 1.54) is 12.8 Å². The predicted octanol–water partition coefficient (Wildman–Crippen LogP) is 3.22. The Morgan fingerprint density at radius 1 is 1.33 bits per heavy atom. The number of hydrogen-bond acceptors (Lipinski definition) is 2. The molecule has 2 aliphatic carbocycles. The van der Waals surface area contributed by atoms with Gasteiger partial charge >= 0.3 is 5.97 Å². The summed E-state index contributed by atoms with van der Waals surface area (Å²) in [5.41, 5.74) is -0.155. The third-order valence-corrected chi connectivity index (χ3v) is 3.61. The summed E-state index contributed by atoms with van der Waals surface area (Å²) in [5, 5.41) is 0. The molecule has 0 saturated heterocycles. The molecule has 0 bridgehead atoms. The van der Waals surface area contributed by atoms with Crippen molar-refractivity contribution in [2.45, 2.75) is 57.5 Å². The number of carbonyl (C=O) groups is 1. The number of allylic oxidation sites excluding steroid dienone is 2. The molecule has 0 aromatic heterocycles. The molecule has 2 heteroatoms. The zero-order chi connectivity index (χ0) is 10.7. The predicted molar refractivity (Wildman–Crippen MR) is 59.4 cm³/mol. The van der Waals surface area contributed by atoms with E-state index in [4.69, 9.17) is 4.74 Å². The Morgan fingerprint density at radius 2 is 2.07 bits per heavy atom. The van der Waals surface area contributed by atoms with Crippen LogP contribution in [0.3, 0.4) is 0 Å². The minimum absolute atomic E-state index is 0.0313. The Kier molecular flexibility index (Phi) is 3.13. The molecule has 2 nitrogen and oxygen atoms in total. The van der Waals surface area contributed by atoms with Crippen molar-refractivity contribution in [3.8, 4) is 0 Å². The van der Waals surface area contributed by atoms with E-state index in [-0.39, 0.29) is 17.5 Å². The number of hydrogen-bond donors (Lipinski definition) is 0. The second-order valence-corrected chi connectivity index (χ2v) is 5.06. The molecule has 0 aromatic rings. The summed E-state index contributed by atoms with van der Waals surface area (Å²) in [6, 6.07) is 0. The summed E-state index contributed by atoms with van der Waals surface area (Å²) < 4.78 is 5.67. The van der Waals surface area contributed by atoms with Crippen LogP contribution in [0.5, 0.6) is 0 Å². The second-order valence-electron chi connectivity index (χ2n) is 5.06. The number of esters is 1. The minimum Gasteiger partial charge on any atom is -0.459 e. The van der Waals surface area contributed by atoms with Crippen molar-refractivity contribution in [3.05, 3.63) is 12.2 Å². The van der Waals surface area contributed by atoms with E-state index in [1.807, 2.05) is 0 Å². The van der Waals surface area contributed by atoms with E-state index in [0.717, 1.165) is 32.1 Å². The van der Waals surface area contributed by atoms with Crippen molar-refractivity contribution in [2.24, 2.45) is 5.92 Å². The lowest BCUT2D eigenvalue weighted by atomic mass is 9.94. The van der Waals surface area contributed by atoms with Crippen LogP contribution < -0.4 is 0 Å². The van der Waals surface area contributed by atoms with Crippen molar-refractivity contribution >= 4 is 5.97 Å². The molecule has 1 fully saturated rings. The van der Waals surface area contributed by atoms with Crippen LogP contribution in [0, 0.1) is 5.92 Å². The number of carbonyl (C=O) groups excluding carboxylic acids is 1. The quantitative estimate of drug-likeness (QED) is 0.514. The van der Waals surface area contributed by atoms with Crippen molar-refractivity contribution in [1.82, 2.24) is 0 Å². The van der Waals surface area contributed by atoms with Gasteiger partial charge in [-0.25, -0.2) is 0 Å². The van der Waals surface area contributed by atoms with Crippen molar-refractivity contribution in [2.75, 3.05) is 0 Å². The average Bonchev–Trinajstić information content (AvgIpc) is 2.66. The zero-order valence-electron chi connectivity index (χ0n) is 9.50. The van der Waals surface area contributed by atoms with Crippen molar-refractivity contribution in [1.29, 1.82) is 0 Å². The fraction of sp³-hybridized carbons (Fsp3) is 0.769. The van der Waals surface area contributed by atoms with Crippen LogP contribution in [0.15, 0.2) is 12.2 Å². The average molecular weight is 208 g/mol. The van der Waals surface area contributed by atoms with Gasteiger partial charge in [0.15, 0.2) is 0 Å². The SMILES string of the molecule is CC1(OC(=O)C2CC=CCC2)CCCC1. The van der Waals surface area contributed by atoms with Gasteiger partial charge in [0.2, 0.25) is 0 Å². The van der Waals surface area contributed by atoms with E-state index in [9.17, 15) is 4.79 Å². The van der Waals surface area contributed by atoms with Crippen LogP contribution in [0.4, 0.5) is 0 Å². The lowest BCUT2D eigenvalue weighted by Crippen LogP contribution is -2.32. The summed E-state index contributed by atoms with van der Waals surface area (Å²) in [5.74, 6) is 0.149. The Labute approximate surface area is 91.7 Å². The van der Waals surface area contributed by atoms with E-state index in [0.29, 0.717) is 0 Å². The third kappa shape index (κ3) is 2.61. The molecule has 0 amide bonds. The van der Waals surface area contributed by atoms with Crippen LogP contribution in [-0.2, 0) is 9.53 Å². The summed E-state index contributed by atoms with van der Waals surface area (Å²) >= 11 is 0. The highest BCUT2D eigenvalue weighted by Gasteiger charge is 2.34. The van der Waals surface area contributed by atoms with E-state index >= 15 is 0 Å². The van der Waals surface area contributed by atoms with Gasteiger partial charge in [-0.15, -0.1) is 0 Å². The molecule has 0 aliphatic heterocycles. The fourth-order valence-electron chi connectivity index (χ4n) is 2.56. The third-order valence-electron chi connectivity index (χ3n) is 3.61. The van der Waals surface area contributed by atoms with Gasteiger partial charge in [-0.2, -0.15) is 0 Å². The first-order chi connectivity index (χ1) is 7.20. The lowest BCUT2D eigenvalue weighted by molar-refractivity contribution is -0.162. The molecule has 2 rings (SSSR count). The molecule has 2 aliphatic rings. The van der Waals surface area contributed by atoms with E-state index < -0.39 is 0 Å². The first kappa shape index (κ1) is 10.7. The minimum atomic E-state index is -0.155. The van der Waals surface area contributed by atoms with Gasteiger partial charge in [-0.3, -0.25) is 4.79 Å². The highest BCUT2D eigenvalue weighted by Crippen LogP contribution is 2.34. The molecule has 0 N–H and O–H groups in total. The van der Waals surface area contributed by atoms with Gasteiger partial charge in [0.05, 0.1) is 5.92 Å². The maximum absolute atomic E-state index is 11.9. The maximum atomic E-state index is 11.9. The first-order valence-corrected chi connectivity index (χ1v) is 6.07. The molecule has 0 radical (unpaired) electrons. The van der Waals surface area contributed by atoms with Gasteiger partial charge in [-0.05, 0) is 51.9 Å². The Morgan fingerprint density at radius 3 is 2.67 bits per heavy atom.